The van der Waals surface area contributed by atoms with E-state index < -0.39 is 6.29 Å². The van der Waals surface area contributed by atoms with Crippen molar-refractivity contribution in [1.29, 1.82) is 0 Å². The first kappa shape index (κ1) is 15.0. The van der Waals surface area contributed by atoms with Gasteiger partial charge in [0.25, 0.3) is 0 Å². The Hall–Kier alpha value is -2.44. The Morgan fingerprint density at radius 1 is 1.10 bits per heavy atom. The van der Waals surface area contributed by atoms with Gasteiger partial charge in [0.15, 0.2) is 6.29 Å². The monoisotopic (exact) mass is 286 g/mol. The molecule has 0 aliphatic rings. The largest absolute Gasteiger partial charge is 0.363 e. The van der Waals surface area contributed by atoms with Crippen LogP contribution in [0.4, 0.5) is 0 Å². The number of hydrogen-bond acceptors (Lipinski definition) is 4. The molecule has 0 bridgehead atoms. The van der Waals surface area contributed by atoms with Crippen molar-refractivity contribution in [1.82, 2.24) is 19.9 Å². The van der Waals surface area contributed by atoms with Gasteiger partial charge in [0.2, 0.25) is 0 Å². The lowest BCUT2D eigenvalue weighted by Gasteiger charge is -1.99. The Kier molecular flexibility index (Phi) is 4.86. The van der Waals surface area contributed by atoms with Crippen LogP contribution in [0.15, 0.2) is 42.7 Å². The standard InChI is InChI=1S/C11H12N2O2.C4H6N2/c1-7-9(11(14)15)13-10(12-7)8-5-3-2-4-6-8;1-4-5-2-3-6-4/h2-6,11,14-15H,1H3,(H,12,13);2-3H,1H3,(H,5,6). The third-order valence-electron chi connectivity index (χ3n) is 2.86. The molecule has 0 unspecified atom stereocenters. The third kappa shape index (κ3) is 4.01. The number of nitrogens with zero attached hydrogens (tertiary/aromatic N) is 2. The maximum atomic E-state index is 9.05. The molecule has 0 aliphatic heterocycles. The van der Waals surface area contributed by atoms with Gasteiger partial charge in [-0.2, -0.15) is 0 Å². The van der Waals surface area contributed by atoms with E-state index in [0.29, 0.717) is 17.2 Å². The van der Waals surface area contributed by atoms with Gasteiger partial charge in [-0.1, -0.05) is 30.3 Å². The number of hydrogen-bond donors (Lipinski definition) is 4. The molecule has 3 rings (SSSR count). The molecule has 0 radical (unpaired) electrons. The molecule has 2 aromatic heterocycles. The minimum Gasteiger partial charge on any atom is -0.363 e. The van der Waals surface area contributed by atoms with Gasteiger partial charge in [-0.15, -0.1) is 0 Å². The zero-order valence-corrected chi connectivity index (χ0v) is 11.9. The van der Waals surface area contributed by atoms with Crippen LogP contribution in [-0.2, 0) is 0 Å². The number of aryl methyl sites for hydroxylation is 2. The Labute approximate surface area is 122 Å². The molecular formula is C15H18N4O2. The molecule has 2 heterocycles. The normalized spacial score (nSPS) is 10.3. The van der Waals surface area contributed by atoms with Crippen LogP contribution in [0.2, 0.25) is 0 Å². The molecule has 0 amide bonds. The summed E-state index contributed by atoms with van der Waals surface area (Å²) in [5.74, 6) is 1.62. The summed E-state index contributed by atoms with van der Waals surface area (Å²) in [6.07, 6.45) is 2.03. The lowest BCUT2D eigenvalue weighted by atomic mass is 10.2. The Morgan fingerprint density at radius 2 is 1.81 bits per heavy atom. The first-order valence-electron chi connectivity index (χ1n) is 6.52. The van der Waals surface area contributed by atoms with E-state index in [-0.39, 0.29) is 0 Å². The lowest BCUT2D eigenvalue weighted by molar-refractivity contribution is -0.0459. The van der Waals surface area contributed by atoms with Gasteiger partial charge < -0.3 is 20.2 Å². The minimum atomic E-state index is -1.50. The summed E-state index contributed by atoms with van der Waals surface area (Å²) in [5, 5.41) is 18.1. The molecule has 0 saturated heterocycles. The number of aromatic amines is 2. The second kappa shape index (κ2) is 6.83. The van der Waals surface area contributed by atoms with Crippen LogP contribution in [0.1, 0.15) is 23.5 Å². The Bertz CT molecular complexity index is 660. The molecule has 0 spiro atoms. The van der Waals surface area contributed by atoms with Crippen LogP contribution in [0.25, 0.3) is 11.4 Å². The highest BCUT2D eigenvalue weighted by Crippen LogP contribution is 2.20. The third-order valence-corrected chi connectivity index (χ3v) is 2.86. The number of aliphatic hydroxyl groups excluding tert-OH is 1. The quantitative estimate of drug-likeness (QED) is 0.542. The van der Waals surface area contributed by atoms with E-state index in [0.717, 1.165) is 11.4 Å². The minimum absolute atomic E-state index is 0.342. The van der Waals surface area contributed by atoms with Gasteiger partial charge in [-0.05, 0) is 13.8 Å². The first-order valence-corrected chi connectivity index (χ1v) is 6.52. The van der Waals surface area contributed by atoms with Crippen molar-refractivity contribution < 1.29 is 10.2 Å². The van der Waals surface area contributed by atoms with Crippen LogP contribution < -0.4 is 0 Å². The summed E-state index contributed by atoms with van der Waals surface area (Å²) in [7, 11) is 0. The molecular weight excluding hydrogens is 268 g/mol. The van der Waals surface area contributed by atoms with Crippen LogP contribution in [0, 0.1) is 13.8 Å². The number of H-pyrrole nitrogens is 2. The number of nitrogens with one attached hydrogen (secondary N) is 2. The van der Waals surface area contributed by atoms with Crippen LogP contribution in [0.5, 0.6) is 0 Å². The fraction of sp³-hybridized carbons (Fsp3) is 0.200. The van der Waals surface area contributed by atoms with Crippen molar-refractivity contribution in [3.63, 3.8) is 0 Å². The topological polar surface area (TPSA) is 97.8 Å². The van der Waals surface area contributed by atoms with E-state index in [4.69, 9.17) is 10.2 Å². The van der Waals surface area contributed by atoms with Gasteiger partial charge in [-0.3, -0.25) is 0 Å². The summed E-state index contributed by atoms with van der Waals surface area (Å²) in [6.45, 7) is 3.65. The smallest absolute Gasteiger partial charge is 0.195 e. The van der Waals surface area contributed by atoms with Crippen LogP contribution in [0.3, 0.4) is 0 Å². The van der Waals surface area contributed by atoms with Gasteiger partial charge in [0.05, 0.1) is 11.4 Å². The number of rotatable bonds is 2. The Balaban J connectivity index is 0.000000225. The van der Waals surface area contributed by atoms with Crippen molar-refractivity contribution in [2.24, 2.45) is 0 Å². The summed E-state index contributed by atoms with van der Waals surface area (Å²) in [6, 6.07) is 9.54. The second-order valence-electron chi connectivity index (χ2n) is 4.50. The van der Waals surface area contributed by atoms with E-state index in [9.17, 15) is 0 Å². The second-order valence-corrected chi connectivity index (χ2v) is 4.50. The SMILES string of the molecule is Cc1nc(-c2ccccc2)[nH]c1C(O)O.Cc1ncc[nH]1. The highest BCUT2D eigenvalue weighted by atomic mass is 16.5. The highest BCUT2D eigenvalue weighted by molar-refractivity contribution is 5.55. The lowest BCUT2D eigenvalue weighted by Crippen LogP contribution is -1.97. The van der Waals surface area contributed by atoms with Crippen molar-refractivity contribution >= 4 is 0 Å². The average Bonchev–Trinajstić information content (AvgIpc) is 3.09. The molecule has 1 aromatic carbocycles. The maximum Gasteiger partial charge on any atom is 0.195 e. The fourth-order valence-corrected chi connectivity index (χ4v) is 1.80. The molecule has 0 atom stereocenters. The summed E-state index contributed by atoms with van der Waals surface area (Å²) in [4.78, 5) is 13.9. The average molecular weight is 286 g/mol. The fourth-order valence-electron chi connectivity index (χ4n) is 1.80. The van der Waals surface area contributed by atoms with E-state index in [2.05, 4.69) is 19.9 Å². The summed E-state index contributed by atoms with van der Waals surface area (Å²) >= 11 is 0. The molecule has 3 aromatic rings. The maximum absolute atomic E-state index is 9.05. The molecule has 4 N–H and O–H groups in total. The molecule has 0 fully saturated rings. The van der Waals surface area contributed by atoms with E-state index in [1.165, 1.54) is 0 Å². The van der Waals surface area contributed by atoms with Gasteiger partial charge in [0, 0.05) is 18.0 Å². The number of aliphatic hydroxyl groups is 2. The van der Waals surface area contributed by atoms with E-state index in [1.54, 1.807) is 19.3 Å². The zero-order valence-electron chi connectivity index (χ0n) is 11.9. The molecule has 0 saturated carbocycles. The molecule has 110 valence electrons. The molecule has 6 heteroatoms. The molecule has 6 nitrogen and oxygen atoms in total. The predicted molar refractivity (Wildman–Crippen MR) is 79.3 cm³/mol. The number of aromatic nitrogens is 4. The molecule has 0 aliphatic carbocycles. The van der Waals surface area contributed by atoms with Gasteiger partial charge in [-0.25, -0.2) is 9.97 Å². The van der Waals surface area contributed by atoms with Crippen LogP contribution in [-0.4, -0.2) is 30.1 Å². The van der Waals surface area contributed by atoms with E-state index in [1.807, 2.05) is 37.3 Å². The van der Waals surface area contributed by atoms with Gasteiger partial charge in [0.1, 0.15) is 11.6 Å². The number of imidazole rings is 2. The highest BCUT2D eigenvalue weighted by Gasteiger charge is 2.12. The number of benzene rings is 1. The Morgan fingerprint density at radius 3 is 2.24 bits per heavy atom. The van der Waals surface area contributed by atoms with Crippen molar-refractivity contribution in [3.8, 4) is 11.4 Å². The van der Waals surface area contributed by atoms with Crippen molar-refractivity contribution in [3.05, 3.63) is 59.9 Å². The molecule has 21 heavy (non-hydrogen) atoms. The first-order chi connectivity index (χ1) is 10.1. The van der Waals surface area contributed by atoms with Crippen LogP contribution >= 0.6 is 0 Å². The summed E-state index contributed by atoms with van der Waals surface area (Å²) in [5.41, 5.74) is 1.87. The van der Waals surface area contributed by atoms with E-state index >= 15 is 0 Å². The van der Waals surface area contributed by atoms with Crippen molar-refractivity contribution in [2.75, 3.05) is 0 Å². The zero-order chi connectivity index (χ0) is 15.2. The predicted octanol–water partition coefficient (Wildman–Crippen LogP) is 2.09. The van der Waals surface area contributed by atoms with Crippen molar-refractivity contribution in [2.45, 2.75) is 20.1 Å². The van der Waals surface area contributed by atoms with Gasteiger partial charge >= 0.3 is 0 Å². The summed E-state index contributed by atoms with van der Waals surface area (Å²) < 4.78 is 0.